The first-order valence-electron chi connectivity index (χ1n) is 8.90. The number of sulfonamides is 1. The molecule has 150 valence electrons. The molecule has 0 aliphatic heterocycles. The van der Waals surface area contributed by atoms with E-state index in [9.17, 15) is 18.0 Å². The fraction of sp³-hybridized carbons (Fsp3) is 0.300. The normalized spacial score (nSPS) is 11.1. The molecule has 0 radical (unpaired) electrons. The first-order chi connectivity index (χ1) is 13.2. The molecule has 1 amide bonds. The third-order valence-electron chi connectivity index (χ3n) is 4.24. The lowest BCUT2D eigenvalue weighted by atomic mass is 10.0. The Bertz CT molecular complexity index is 950. The monoisotopic (exact) mass is 422 g/mol. The molecule has 2 rings (SSSR count). The molecule has 0 fully saturated rings. The van der Waals surface area contributed by atoms with Gasteiger partial charge < -0.3 is 5.32 Å². The summed E-state index contributed by atoms with van der Waals surface area (Å²) in [6.45, 7) is 4.75. The quantitative estimate of drug-likeness (QED) is 0.657. The summed E-state index contributed by atoms with van der Waals surface area (Å²) in [5.41, 5.74) is 2.61. The number of amides is 1. The Morgan fingerprint density at radius 3 is 1.96 bits per heavy atom. The number of para-hydroxylation sites is 1. The molecule has 0 unspecified atom stereocenters. The summed E-state index contributed by atoms with van der Waals surface area (Å²) in [6, 6.07) is 11.4. The maximum absolute atomic E-state index is 13.4. The highest BCUT2D eigenvalue weighted by molar-refractivity contribution is 7.92. The van der Waals surface area contributed by atoms with Gasteiger partial charge in [0.05, 0.1) is 10.6 Å². The number of hydrogen-bond acceptors (Lipinski definition) is 4. The third-order valence-corrected chi connectivity index (χ3v) is 6.12. The number of aryl methyl sites for hydroxylation is 2. The van der Waals surface area contributed by atoms with E-state index in [1.165, 1.54) is 31.2 Å². The largest absolute Gasteiger partial charge is 0.326 e. The topological polar surface area (TPSA) is 83.6 Å². The van der Waals surface area contributed by atoms with Crippen molar-refractivity contribution in [3.8, 4) is 0 Å². The number of rotatable bonds is 8. The van der Waals surface area contributed by atoms with Gasteiger partial charge in [0.15, 0.2) is 0 Å². The molecule has 0 spiro atoms. The van der Waals surface area contributed by atoms with Gasteiger partial charge in [0.25, 0.3) is 10.0 Å². The first kappa shape index (κ1) is 21.9. The molecule has 2 aromatic carbocycles. The molecule has 0 aliphatic rings. The molecule has 0 aromatic heterocycles. The number of benzene rings is 2. The molecule has 6 nitrogen and oxygen atoms in total. The predicted octanol–water partition coefficient (Wildman–Crippen LogP) is 3.73. The summed E-state index contributed by atoms with van der Waals surface area (Å²) in [4.78, 5) is 22.9. The molecule has 2 aromatic rings. The zero-order valence-electron chi connectivity index (χ0n) is 16.0. The SMILES string of the molecule is CCc1cccc(CC)c1N(CC(=O)Cl)S(=O)(=O)c1ccc(NC(C)=O)cc1. The van der Waals surface area contributed by atoms with Crippen LogP contribution in [0.1, 0.15) is 31.9 Å². The van der Waals surface area contributed by atoms with Crippen molar-refractivity contribution in [3.05, 3.63) is 53.6 Å². The first-order valence-corrected chi connectivity index (χ1v) is 10.7. The molecule has 0 saturated carbocycles. The van der Waals surface area contributed by atoms with E-state index in [2.05, 4.69) is 5.32 Å². The van der Waals surface area contributed by atoms with Crippen LogP contribution in [-0.2, 0) is 32.5 Å². The van der Waals surface area contributed by atoms with Crippen molar-refractivity contribution in [1.82, 2.24) is 0 Å². The Hall–Kier alpha value is -2.38. The highest BCUT2D eigenvalue weighted by atomic mass is 35.5. The van der Waals surface area contributed by atoms with Gasteiger partial charge in [0, 0.05) is 12.6 Å². The van der Waals surface area contributed by atoms with Gasteiger partial charge in [-0.15, -0.1) is 0 Å². The number of nitrogens with one attached hydrogen (secondary N) is 1. The van der Waals surface area contributed by atoms with E-state index < -0.39 is 21.8 Å². The van der Waals surface area contributed by atoms with Crippen LogP contribution in [0.25, 0.3) is 0 Å². The minimum Gasteiger partial charge on any atom is -0.326 e. The number of carbonyl (C=O) groups is 2. The highest BCUT2D eigenvalue weighted by Crippen LogP contribution is 2.32. The highest BCUT2D eigenvalue weighted by Gasteiger charge is 2.29. The van der Waals surface area contributed by atoms with Crippen molar-refractivity contribution in [3.63, 3.8) is 0 Å². The van der Waals surface area contributed by atoms with Gasteiger partial charge in [-0.3, -0.25) is 13.9 Å². The van der Waals surface area contributed by atoms with Gasteiger partial charge in [-0.2, -0.15) is 0 Å². The zero-order valence-corrected chi connectivity index (χ0v) is 17.6. The van der Waals surface area contributed by atoms with E-state index in [4.69, 9.17) is 11.6 Å². The van der Waals surface area contributed by atoms with Crippen molar-refractivity contribution in [2.45, 2.75) is 38.5 Å². The standard InChI is InChI=1S/C20H23ClN2O4S/c1-4-15-7-6-8-16(5-2)20(15)23(13-19(21)25)28(26,27)18-11-9-17(10-12-18)22-14(3)24/h6-12H,4-5,13H2,1-3H3,(H,22,24). The van der Waals surface area contributed by atoms with Crippen molar-refractivity contribution >= 4 is 44.1 Å². The van der Waals surface area contributed by atoms with Gasteiger partial charge in [-0.25, -0.2) is 8.42 Å². The molecule has 0 atom stereocenters. The second kappa shape index (κ2) is 9.21. The van der Waals surface area contributed by atoms with Crippen LogP contribution in [0.15, 0.2) is 47.4 Å². The Morgan fingerprint density at radius 1 is 1.00 bits per heavy atom. The summed E-state index contributed by atoms with van der Waals surface area (Å²) >= 11 is 5.60. The number of nitrogens with zero attached hydrogens (tertiary/aromatic N) is 1. The van der Waals surface area contributed by atoms with E-state index in [1.807, 2.05) is 32.0 Å². The van der Waals surface area contributed by atoms with Crippen LogP contribution in [0, 0.1) is 0 Å². The van der Waals surface area contributed by atoms with Crippen molar-refractivity contribution in [1.29, 1.82) is 0 Å². The van der Waals surface area contributed by atoms with Gasteiger partial charge in [0.2, 0.25) is 11.1 Å². The van der Waals surface area contributed by atoms with Crippen LogP contribution in [0.4, 0.5) is 11.4 Å². The molecule has 0 heterocycles. The van der Waals surface area contributed by atoms with Gasteiger partial charge in [0.1, 0.15) is 6.54 Å². The molecular weight excluding hydrogens is 400 g/mol. The minimum absolute atomic E-state index is 0.00692. The molecular formula is C20H23ClN2O4S. The zero-order chi connectivity index (χ0) is 20.9. The Morgan fingerprint density at radius 2 is 1.54 bits per heavy atom. The van der Waals surface area contributed by atoms with Crippen LogP contribution in [0.2, 0.25) is 0 Å². The van der Waals surface area contributed by atoms with Crippen LogP contribution >= 0.6 is 11.6 Å². The van der Waals surface area contributed by atoms with E-state index in [-0.39, 0.29) is 10.8 Å². The molecule has 0 saturated heterocycles. The number of halogens is 1. The molecule has 1 N–H and O–H groups in total. The fourth-order valence-electron chi connectivity index (χ4n) is 2.97. The Labute approximate surface area is 170 Å². The molecule has 8 heteroatoms. The fourth-order valence-corrected chi connectivity index (χ4v) is 4.66. The smallest absolute Gasteiger partial charge is 0.264 e. The van der Waals surface area contributed by atoms with Crippen molar-refractivity contribution in [2.24, 2.45) is 0 Å². The second-order valence-corrected chi connectivity index (χ2v) is 8.49. The maximum atomic E-state index is 13.4. The summed E-state index contributed by atoms with van der Waals surface area (Å²) in [6.07, 6.45) is 1.21. The lowest BCUT2D eigenvalue weighted by Crippen LogP contribution is -2.36. The summed E-state index contributed by atoms with van der Waals surface area (Å²) in [5.74, 6) is -0.255. The van der Waals surface area contributed by atoms with E-state index >= 15 is 0 Å². The second-order valence-electron chi connectivity index (χ2n) is 6.20. The number of anilines is 2. The van der Waals surface area contributed by atoms with E-state index in [0.29, 0.717) is 24.2 Å². The van der Waals surface area contributed by atoms with E-state index in [0.717, 1.165) is 15.4 Å². The van der Waals surface area contributed by atoms with E-state index in [1.54, 1.807) is 0 Å². The van der Waals surface area contributed by atoms with Gasteiger partial charge in [-0.05, 0) is 59.8 Å². The van der Waals surface area contributed by atoms with Crippen LogP contribution in [0.5, 0.6) is 0 Å². The Balaban J connectivity index is 2.60. The predicted molar refractivity (Wildman–Crippen MR) is 111 cm³/mol. The van der Waals surface area contributed by atoms with Crippen LogP contribution < -0.4 is 9.62 Å². The van der Waals surface area contributed by atoms with Crippen LogP contribution in [-0.4, -0.2) is 26.1 Å². The van der Waals surface area contributed by atoms with Crippen molar-refractivity contribution in [2.75, 3.05) is 16.2 Å². The maximum Gasteiger partial charge on any atom is 0.264 e. The molecule has 0 bridgehead atoms. The van der Waals surface area contributed by atoms with Crippen molar-refractivity contribution < 1.29 is 18.0 Å². The summed E-state index contributed by atoms with van der Waals surface area (Å²) < 4.78 is 27.8. The lowest BCUT2D eigenvalue weighted by molar-refractivity contribution is -0.114. The minimum atomic E-state index is -4.04. The summed E-state index contributed by atoms with van der Waals surface area (Å²) in [5, 5.41) is 1.82. The third kappa shape index (κ3) is 4.91. The van der Waals surface area contributed by atoms with Gasteiger partial charge in [-0.1, -0.05) is 32.0 Å². The number of hydrogen-bond donors (Lipinski definition) is 1. The summed E-state index contributed by atoms with van der Waals surface area (Å²) in [7, 11) is -4.04. The number of carbonyl (C=O) groups excluding carboxylic acids is 2. The Kier molecular flexibility index (Phi) is 7.21. The molecule has 0 aliphatic carbocycles. The van der Waals surface area contributed by atoms with Gasteiger partial charge >= 0.3 is 0 Å². The van der Waals surface area contributed by atoms with Crippen LogP contribution in [0.3, 0.4) is 0 Å². The molecule has 28 heavy (non-hydrogen) atoms. The lowest BCUT2D eigenvalue weighted by Gasteiger charge is -2.27. The average molecular weight is 423 g/mol. The average Bonchev–Trinajstić information content (AvgIpc) is 2.65.